The van der Waals surface area contributed by atoms with E-state index in [4.69, 9.17) is 4.98 Å². The number of benzene rings is 1. The van der Waals surface area contributed by atoms with Gasteiger partial charge in [-0.05, 0) is 67.4 Å². The highest BCUT2D eigenvalue weighted by Crippen LogP contribution is 2.43. The molecule has 0 saturated heterocycles. The lowest BCUT2D eigenvalue weighted by Crippen LogP contribution is -2.01. The zero-order valence-electron chi connectivity index (χ0n) is 16.7. The van der Waals surface area contributed by atoms with E-state index in [9.17, 15) is 5.26 Å². The van der Waals surface area contributed by atoms with Crippen LogP contribution >= 0.6 is 11.8 Å². The maximum Gasteiger partial charge on any atom is 0.198 e. The number of para-hydroxylation sites is 2. The quantitative estimate of drug-likeness (QED) is 0.412. The van der Waals surface area contributed by atoms with Crippen molar-refractivity contribution < 1.29 is 0 Å². The van der Waals surface area contributed by atoms with Crippen molar-refractivity contribution in [3.05, 3.63) is 66.0 Å². The number of fused-ring (bicyclic) bond motifs is 3. The molecule has 150 valence electrons. The fourth-order valence-electron chi connectivity index (χ4n) is 3.92. The van der Waals surface area contributed by atoms with E-state index in [1.807, 2.05) is 55.6 Å². The zero-order valence-corrected chi connectivity index (χ0v) is 17.5. The Bertz CT molecular complexity index is 1490. The van der Waals surface area contributed by atoms with Gasteiger partial charge in [0.15, 0.2) is 16.6 Å². The summed E-state index contributed by atoms with van der Waals surface area (Å²) in [7, 11) is 0. The lowest BCUT2D eigenvalue weighted by Gasteiger charge is -2.11. The average molecular weight is 424 g/mol. The van der Waals surface area contributed by atoms with E-state index in [2.05, 4.69) is 30.2 Å². The monoisotopic (exact) mass is 423 g/mol. The number of rotatable bonds is 4. The number of hydrogen-bond donors (Lipinski definition) is 0. The molecule has 0 bridgehead atoms. The summed E-state index contributed by atoms with van der Waals surface area (Å²) in [6.07, 6.45) is 5.82. The van der Waals surface area contributed by atoms with E-state index in [1.54, 1.807) is 18.0 Å². The van der Waals surface area contributed by atoms with Crippen molar-refractivity contribution in [2.75, 3.05) is 0 Å². The summed E-state index contributed by atoms with van der Waals surface area (Å²) in [5.74, 6) is 0.843. The van der Waals surface area contributed by atoms with Crippen LogP contribution in [0.15, 0.2) is 65.0 Å². The molecule has 0 aliphatic heterocycles. The molecule has 1 fully saturated rings. The van der Waals surface area contributed by atoms with Gasteiger partial charge in [-0.2, -0.15) is 5.26 Å². The van der Waals surface area contributed by atoms with Gasteiger partial charge in [0.25, 0.3) is 0 Å². The Balaban J connectivity index is 1.55. The van der Waals surface area contributed by atoms with Crippen LogP contribution in [0.25, 0.3) is 28.1 Å². The molecule has 8 heteroatoms. The summed E-state index contributed by atoms with van der Waals surface area (Å²) in [4.78, 5) is 8.99. The molecule has 0 N–H and O–H groups in total. The minimum absolute atomic E-state index is 0.405. The van der Waals surface area contributed by atoms with E-state index in [0.717, 1.165) is 51.0 Å². The van der Waals surface area contributed by atoms with Gasteiger partial charge < -0.3 is 0 Å². The molecule has 0 amide bonds. The lowest BCUT2D eigenvalue weighted by atomic mass is 10.2. The van der Waals surface area contributed by atoms with Gasteiger partial charge in [-0.15, -0.1) is 10.2 Å². The summed E-state index contributed by atoms with van der Waals surface area (Å²) >= 11 is 1.56. The molecule has 31 heavy (non-hydrogen) atoms. The van der Waals surface area contributed by atoms with Gasteiger partial charge >= 0.3 is 0 Å². The predicted molar refractivity (Wildman–Crippen MR) is 118 cm³/mol. The molecule has 5 aromatic rings. The van der Waals surface area contributed by atoms with E-state index < -0.39 is 0 Å². The van der Waals surface area contributed by atoms with Crippen molar-refractivity contribution in [1.29, 1.82) is 5.26 Å². The Morgan fingerprint density at radius 2 is 2.00 bits per heavy atom. The second-order valence-electron chi connectivity index (χ2n) is 7.66. The highest BCUT2D eigenvalue weighted by molar-refractivity contribution is 7.99. The molecule has 0 unspecified atom stereocenters. The minimum atomic E-state index is 0.405. The zero-order chi connectivity index (χ0) is 20.9. The molecule has 4 aromatic heterocycles. The van der Waals surface area contributed by atoms with Crippen LogP contribution in [0, 0.1) is 18.3 Å². The average Bonchev–Trinajstić information content (AvgIpc) is 3.43. The van der Waals surface area contributed by atoms with Crippen molar-refractivity contribution in [2.24, 2.45) is 0 Å². The lowest BCUT2D eigenvalue weighted by molar-refractivity contribution is 0.668. The van der Waals surface area contributed by atoms with Gasteiger partial charge in [0.1, 0.15) is 6.07 Å². The smallest absolute Gasteiger partial charge is 0.198 e. The molecular weight excluding hydrogens is 406 g/mol. The SMILES string of the molecule is Cc1cc(Sc2nnc(-c3cccnc3)n2C2CC2)n2c(nc3ccccc32)c1C#N. The fourth-order valence-corrected chi connectivity index (χ4v) is 5.04. The summed E-state index contributed by atoms with van der Waals surface area (Å²) in [6.45, 7) is 1.95. The third-order valence-corrected chi connectivity index (χ3v) is 6.51. The molecule has 1 saturated carbocycles. The van der Waals surface area contributed by atoms with Crippen molar-refractivity contribution in [1.82, 2.24) is 29.1 Å². The Morgan fingerprint density at radius 3 is 2.77 bits per heavy atom. The molecule has 6 rings (SSSR count). The van der Waals surface area contributed by atoms with Crippen LogP contribution in [0.2, 0.25) is 0 Å². The van der Waals surface area contributed by atoms with Gasteiger partial charge in [-0.25, -0.2) is 4.98 Å². The standard InChI is InChI=1S/C23H17N7S/c1-14-11-20(30-19-7-3-2-6-18(19)26-22(30)17(14)12-24)31-23-28-27-21(29(23)16-8-9-16)15-5-4-10-25-13-15/h2-7,10-11,13,16H,8-9H2,1H3. The first kappa shape index (κ1) is 18.1. The minimum Gasteiger partial charge on any atom is -0.299 e. The number of nitrogens with zero attached hydrogens (tertiary/aromatic N) is 7. The highest BCUT2D eigenvalue weighted by Gasteiger charge is 2.31. The van der Waals surface area contributed by atoms with E-state index >= 15 is 0 Å². The molecule has 0 spiro atoms. The number of aryl methyl sites for hydroxylation is 1. The van der Waals surface area contributed by atoms with Gasteiger partial charge in [-0.3, -0.25) is 14.0 Å². The predicted octanol–water partition coefficient (Wildman–Crippen LogP) is 4.81. The van der Waals surface area contributed by atoms with E-state index in [0.29, 0.717) is 17.3 Å². The Morgan fingerprint density at radius 1 is 1.13 bits per heavy atom. The Hall–Kier alpha value is -3.70. The van der Waals surface area contributed by atoms with E-state index in [1.165, 1.54) is 0 Å². The normalized spacial score (nSPS) is 13.7. The summed E-state index contributed by atoms with van der Waals surface area (Å²) in [5.41, 5.74) is 4.98. The van der Waals surface area contributed by atoms with Gasteiger partial charge in [0, 0.05) is 24.0 Å². The van der Waals surface area contributed by atoms with Gasteiger partial charge in [0.05, 0.1) is 21.6 Å². The second kappa shape index (κ2) is 6.93. The van der Waals surface area contributed by atoms with Crippen LogP contribution in [0.1, 0.15) is 30.0 Å². The summed E-state index contributed by atoms with van der Waals surface area (Å²) in [5, 5.41) is 20.6. The highest BCUT2D eigenvalue weighted by atomic mass is 32.2. The van der Waals surface area contributed by atoms with Crippen LogP contribution in [0.5, 0.6) is 0 Å². The Kier molecular flexibility index (Phi) is 4.04. The third kappa shape index (κ3) is 2.89. The number of nitriles is 1. The molecule has 4 heterocycles. The van der Waals surface area contributed by atoms with E-state index in [-0.39, 0.29) is 0 Å². The molecular formula is C23H17N7S. The molecule has 1 aliphatic rings. The van der Waals surface area contributed by atoms with Crippen LogP contribution in [-0.4, -0.2) is 29.1 Å². The van der Waals surface area contributed by atoms with Crippen molar-refractivity contribution in [3.8, 4) is 17.5 Å². The number of pyridine rings is 2. The van der Waals surface area contributed by atoms with Crippen LogP contribution in [-0.2, 0) is 0 Å². The van der Waals surface area contributed by atoms with Crippen molar-refractivity contribution in [2.45, 2.75) is 36.0 Å². The Labute approximate surface area is 182 Å². The first-order valence-corrected chi connectivity index (χ1v) is 10.9. The van der Waals surface area contributed by atoms with Crippen molar-refractivity contribution in [3.63, 3.8) is 0 Å². The first-order valence-electron chi connectivity index (χ1n) is 10.1. The van der Waals surface area contributed by atoms with Gasteiger partial charge in [-0.1, -0.05) is 12.1 Å². The fraction of sp³-hybridized carbons (Fsp3) is 0.174. The molecule has 7 nitrogen and oxygen atoms in total. The molecule has 1 aromatic carbocycles. The topological polar surface area (TPSA) is 84.7 Å². The maximum atomic E-state index is 9.73. The van der Waals surface area contributed by atoms with Crippen LogP contribution in [0.4, 0.5) is 0 Å². The first-order chi connectivity index (χ1) is 15.2. The number of hydrogen-bond acceptors (Lipinski definition) is 6. The third-order valence-electron chi connectivity index (χ3n) is 5.54. The van der Waals surface area contributed by atoms with Crippen LogP contribution in [0.3, 0.4) is 0 Å². The molecule has 0 atom stereocenters. The summed E-state index contributed by atoms with van der Waals surface area (Å²) in [6, 6.07) is 16.7. The number of imidazole rings is 1. The van der Waals surface area contributed by atoms with Crippen LogP contribution < -0.4 is 0 Å². The van der Waals surface area contributed by atoms with Gasteiger partial charge in [0.2, 0.25) is 0 Å². The number of aromatic nitrogens is 6. The molecule has 0 radical (unpaired) electrons. The maximum absolute atomic E-state index is 9.73. The largest absolute Gasteiger partial charge is 0.299 e. The molecule has 1 aliphatic carbocycles. The van der Waals surface area contributed by atoms with Crippen molar-refractivity contribution >= 4 is 28.4 Å². The summed E-state index contributed by atoms with van der Waals surface area (Å²) < 4.78 is 4.28. The second-order valence-corrected chi connectivity index (χ2v) is 8.65.